The van der Waals surface area contributed by atoms with E-state index in [1.165, 1.54) is 5.56 Å². The summed E-state index contributed by atoms with van der Waals surface area (Å²) in [5.41, 5.74) is 2.33. The van der Waals surface area contributed by atoms with E-state index in [-0.39, 0.29) is 0 Å². The predicted octanol–water partition coefficient (Wildman–Crippen LogP) is 3.34. The van der Waals surface area contributed by atoms with Crippen molar-refractivity contribution < 1.29 is 0 Å². The molecule has 0 unspecified atom stereocenters. The van der Waals surface area contributed by atoms with Gasteiger partial charge in [0.15, 0.2) is 0 Å². The van der Waals surface area contributed by atoms with Crippen molar-refractivity contribution in [3.63, 3.8) is 0 Å². The van der Waals surface area contributed by atoms with Gasteiger partial charge in [-0.05, 0) is 32.9 Å². The molecule has 0 aromatic heterocycles. The normalized spacial score (nSPS) is 11.4. The highest BCUT2D eigenvalue weighted by molar-refractivity contribution is 5.58. The molecule has 0 bridgehead atoms. The van der Waals surface area contributed by atoms with E-state index >= 15 is 0 Å². The SMILES string of the molecule is CC=NN(/C=C\C)c1ccc(C)cc1. The zero-order valence-electron chi connectivity index (χ0n) is 8.94. The number of anilines is 1. The number of hydrogen-bond donors (Lipinski definition) is 0. The Kier molecular flexibility index (Phi) is 3.92. The maximum absolute atomic E-state index is 4.24. The molecule has 2 nitrogen and oxygen atoms in total. The van der Waals surface area contributed by atoms with Crippen molar-refractivity contribution in [3.05, 3.63) is 42.1 Å². The van der Waals surface area contributed by atoms with E-state index in [1.54, 1.807) is 6.21 Å². The minimum absolute atomic E-state index is 1.08. The molecular weight excluding hydrogens is 172 g/mol. The lowest BCUT2D eigenvalue weighted by molar-refractivity contribution is 1.08. The van der Waals surface area contributed by atoms with Crippen LogP contribution in [0.2, 0.25) is 0 Å². The van der Waals surface area contributed by atoms with Crippen LogP contribution in [0.15, 0.2) is 41.6 Å². The van der Waals surface area contributed by atoms with Crippen LogP contribution in [-0.2, 0) is 0 Å². The first-order valence-corrected chi connectivity index (χ1v) is 4.75. The summed E-state index contributed by atoms with van der Waals surface area (Å²) >= 11 is 0. The molecule has 0 aliphatic heterocycles. The van der Waals surface area contributed by atoms with E-state index in [0.29, 0.717) is 0 Å². The summed E-state index contributed by atoms with van der Waals surface area (Å²) in [6.45, 7) is 5.96. The fourth-order valence-electron chi connectivity index (χ4n) is 1.15. The highest BCUT2D eigenvalue weighted by Crippen LogP contribution is 2.15. The smallest absolute Gasteiger partial charge is 0.0645 e. The first kappa shape index (κ1) is 10.5. The van der Waals surface area contributed by atoms with Crippen LogP contribution in [0.5, 0.6) is 0 Å². The summed E-state index contributed by atoms with van der Waals surface area (Å²) in [7, 11) is 0. The summed E-state index contributed by atoms with van der Waals surface area (Å²) in [6.07, 6.45) is 5.68. The number of hydrogen-bond acceptors (Lipinski definition) is 2. The molecule has 0 amide bonds. The average molecular weight is 188 g/mol. The molecule has 1 aromatic carbocycles. The Balaban J connectivity index is 2.93. The van der Waals surface area contributed by atoms with Gasteiger partial charge < -0.3 is 0 Å². The fourth-order valence-corrected chi connectivity index (χ4v) is 1.15. The lowest BCUT2D eigenvalue weighted by Gasteiger charge is -2.13. The van der Waals surface area contributed by atoms with Gasteiger partial charge in [-0.15, -0.1) is 0 Å². The van der Waals surface area contributed by atoms with Crippen molar-refractivity contribution in [2.75, 3.05) is 5.01 Å². The maximum Gasteiger partial charge on any atom is 0.0645 e. The molecule has 0 aliphatic carbocycles. The number of benzene rings is 1. The van der Waals surface area contributed by atoms with Crippen LogP contribution in [0.3, 0.4) is 0 Å². The Morgan fingerprint density at radius 3 is 2.29 bits per heavy atom. The van der Waals surface area contributed by atoms with Gasteiger partial charge in [-0.3, -0.25) is 0 Å². The summed E-state index contributed by atoms with van der Waals surface area (Å²) in [6, 6.07) is 8.28. The second-order valence-electron chi connectivity index (χ2n) is 3.04. The molecule has 1 rings (SSSR count). The third kappa shape index (κ3) is 2.73. The third-order valence-electron chi connectivity index (χ3n) is 1.83. The minimum Gasteiger partial charge on any atom is -0.242 e. The van der Waals surface area contributed by atoms with Crippen LogP contribution >= 0.6 is 0 Å². The van der Waals surface area contributed by atoms with Crippen LogP contribution in [-0.4, -0.2) is 6.21 Å². The topological polar surface area (TPSA) is 15.6 Å². The maximum atomic E-state index is 4.24. The van der Waals surface area contributed by atoms with E-state index in [2.05, 4.69) is 36.3 Å². The molecule has 0 saturated heterocycles. The number of hydrazone groups is 1. The predicted molar refractivity (Wildman–Crippen MR) is 62.6 cm³/mol. The van der Waals surface area contributed by atoms with Crippen molar-refractivity contribution in [1.82, 2.24) is 0 Å². The molecule has 74 valence electrons. The molecule has 0 saturated carbocycles. The average Bonchev–Trinajstić information content (AvgIpc) is 2.19. The van der Waals surface area contributed by atoms with E-state index in [0.717, 1.165) is 5.69 Å². The summed E-state index contributed by atoms with van der Waals surface area (Å²) in [4.78, 5) is 0. The van der Waals surface area contributed by atoms with Gasteiger partial charge in [-0.25, -0.2) is 5.01 Å². The molecule has 0 heterocycles. The quantitative estimate of drug-likeness (QED) is 0.524. The number of allylic oxidation sites excluding steroid dienone is 1. The standard InChI is InChI=1S/C12H16N2/c1-4-10-14(13-5-2)12-8-6-11(3)7-9-12/h4-10H,1-3H3/b10-4-,13-5?. The largest absolute Gasteiger partial charge is 0.242 e. The van der Waals surface area contributed by atoms with Crippen LogP contribution in [0.1, 0.15) is 19.4 Å². The van der Waals surface area contributed by atoms with Gasteiger partial charge in [0.05, 0.1) is 5.69 Å². The molecule has 0 spiro atoms. The summed E-state index contributed by atoms with van der Waals surface area (Å²) in [5.74, 6) is 0. The first-order chi connectivity index (χ1) is 6.77. The minimum atomic E-state index is 1.08. The van der Waals surface area contributed by atoms with E-state index in [9.17, 15) is 0 Å². The lowest BCUT2D eigenvalue weighted by Crippen LogP contribution is -2.06. The Morgan fingerprint density at radius 1 is 1.14 bits per heavy atom. The van der Waals surface area contributed by atoms with Crippen LogP contribution in [0.4, 0.5) is 5.69 Å². The van der Waals surface area contributed by atoms with Crippen molar-refractivity contribution >= 4 is 11.9 Å². The lowest BCUT2D eigenvalue weighted by atomic mass is 10.2. The van der Waals surface area contributed by atoms with Crippen LogP contribution in [0.25, 0.3) is 0 Å². The van der Waals surface area contributed by atoms with Crippen LogP contribution < -0.4 is 5.01 Å². The van der Waals surface area contributed by atoms with Gasteiger partial charge in [-0.2, -0.15) is 5.10 Å². The van der Waals surface area contributed by atoms with Crippen LogP contribution in [0, 0.1) is 6.92 Å². The molecule has 0 N–H and O–H groups in total. The molecule has 0 fully saturated rings. The zero-order valence-corrected chi connectivity index (χ0v) is 8.94. The second-order valence-corrected chi connectivity index (χ2v) is 3.04. The molecular formula is C12H16N2. The van der Waals surface area contributed by atoms with Gasteiger partial charge in [0.2, 0.25) is 0 Å². The molecule has 14 heavy (non-hydrogen) atoms. The molecule has 0 atom stereocenters. The highest BCUT2D eigenvalue weighted by Gasteiger charge is 1.97. The molecule has 2 heteroatoms. The van der Waals surface area contributed by atoms with E-state index < -0.39 is 0 Å². The van der Waals surface area contributed by atoms with Crippen molar-refractivity contribution in [2.45, 2.75) is 20.8 Å². The number of nitrogens with zero attached hydrogens (tertiary/aromatic N) is 2. The van der Waals surface area contributed by atoms with Gasteiger partial charge in [0, 0.05) is 12.4 Å². The van der Waals surface area contributed by atoms with E-state index in [1.807, 2.05) is 31.1 Å². The van der Waals surface area contributed by atoms with Crippen molar-refractivity contribution in [2.24, 2.45) is 5.10 Å². The first-order valence-electron chi connectivity index (χ1n) is 4.75. The second kappa shape index (κ2) is 5.22. The van der Waals surface area contributed by atoms with Gasteiger partial charge in [0.25, 0.3) is 0 Å². The fraction of sp³-hybridized carbons (Fsp3) is 0.250. The van der Waals surface area contributed by atoms with E-state index in [4.69, 9.17) is 0 Å². The molecule has 0 aliphatic rings. The van der Waals surface area contributed by atoms with Crippen molar-refractivity contribution in [1.29, 1.82) is 0 Å². The number of aryl methyl sites for hydroxylation is 1. The monoisotopic (exact) mass is 188 g/mol. The Labute approximate surface area is 85.6 Å². The molecule has 0 radical (unpaired) electrons. The zero-order chi connectivity index (χ0) is 10.4. The number of rotatable bonds is 3. The Bertz CT molecular complexity index is 311. The third-order valence-corrected chi connectivity index (χ3v) is 1.83. The van der Waals surface area contributed by atoms with Crippen molar-refractivity contribution in [3.8, 4) is 0 Å². The summed E-state index contributed by atoms with van der Waals surface area (Å²) in [5, 5.41) is 6.08. The Hall–Kier alpha value is -1.57. The van der Waals surface area contributed by atoms with Gasteiger partial charge in [-0.1, -0.05) is 23.8 Å². The van der Waals surface area contributed by atoms with Gasteiger partial charge >= 0.3 is 0 Å². The molecule has 1 aromatic rings. The summed E-state index contributed by atoms with van der Waals surface area (Å²) < 4.78 is 0. The Morgan fingerprint density at radius 2 is 1.79 bits per heavy atom. The highest BCUT2D eigenvalue weighted by atomic mass is 15.4. The van der Waals surface area contributed by atoms with Gasteiger partial charge in [0.1, 0.15) is 0 Å².